The maximum absolute atomic E-state index is 13.7. The third-order valence-corrected chi connectivity index (χ3v) is 6.94. The van der Waals surface area contributed by atoms with Crippen LogP contribution in [0.2, 0.25) is 0 Å². The summed E-state index contributed by atoms with van der Waals surface area (Å²) in [7, 11) is 0. The number of nitrogens with zero attached hydrogens (tertiary/aromatic N) is 3. The normalized spacial score (nSPS) is 26.5. The number of carbonyl (C=O) groups is 4. The lowest BCUT2D eigenvalue weighted by Crippen LogP contribution is -2.54. The second-order valence-electron chi connectivity index (χ2n) is 9.15. The van der Waals surface area contributed by atoms with Crippen molar-refractivity contribution < 1.29 is 19.2 Å². The van der Waals surface area contributed by atoms with Gasteiger partial charge in [-0.05, 0) is 44.7 Å². The van der Waals surface area contributed by atoms with Crippen molar-refractivity contribution in [1.29, 1.82) is 0 Å². The number of fused-ring (bicyclic) bond motifs is 1. The highest BCUT2D eigenvalue weighted by Crippen LogP contribution is 2.42. The van der Waals surface area contributed by atoms with Gasteiger partial charge in [0.2, 0.25) is 11.8 Å². The molecule has 0 aliphatic carbocycles. The molecule has 0 saturated carbocycles. The van der Waals surface area contributed by atoms with Gasteiger partial charge in [-0.3, -0.25) is 29.4 Å². The monoisotopic (exact) mass is 439 g/mol. The zero-order valence-corrected chi connectivity index (χ0v) is 18.4. The Hall–Kier alpha value is -2.94. The van der Waals surface area contributed by atoms with Crippen molar-refractivity contribution >= 4 is 35.0 Å². The molecule has 0 aromatic heterocycles. The largest absolute Gasteiger partial charge is 0.369 e. The molecule has 9 heteroatoms. The molecule has 1 aromatic rings. The number of hydrogen-bond donors (Lipinski definition) is 2. The van der Waals surface area contributed by atoms with Crippen LogP contribution in [0.5, 0.6) is 0 Å². The Morgan fingerprint density at radius 1 is 0.938 bits per heavy atom. The molecule has 4 aliphatic rings. The lowest BCUT2D eigenvalue weighted by Gasteiger charge is -2.39. The predicted octanol–water partition coefficient (Wildman–Crippen LogP) is 0.876. The number of rotatable bonds is 3. The molecular formula is C23H29N5O4. The molecule has 170 valence electrons. The minimum Gasteiger partial charge on any atom is -0.369 e. The van der Waals surface area contributed by atoms with E-state index in [2.05, 4.69) is 27.4 Å². The van der Waals surface area contributed by atoms with Gasteiger partial charge in [0.1, 0.15) is 6.04 Å². The van der Waals surface area contributed by atoms with Gasteiger partial charge in [-0.15, -0.1) is 0 Å². The number of piperazine rings is 1. The van der Waals surface area contributed by atoms with Crippen LogP contribution in [0.1, 0.15) is 59.7 Å². The van der Waals surface area contributed by atoms with Gasteiger partial charge in [-0.1, -0.05) is 0 Å². The van der Waals surface area contributed by atoms with E-state index in [0.29, 0.717) is 17.2 Å². The Morgan fingerprint density at radius 2 is 1.72 bits per heavy atom. The van der Waals surface area contributed by atoms with Crippen LogP contribution in [-0.4, -0.2) is 73.3 Å². The summed E-state index contributed by atoms with van der Waals surface area (Å²) in [6.07, 6.45) is 3.52. The van der Waals surface area contributed by atoms with Gasteiger partial charge in [-0.25, -0.2) is 0 Å². The first-order chi connectivity index (χ1) is 15.5. The maximum atomic E-state index is 13.7. The van der Waals surface area contributed by atoms with Gasteiger partial charge >= 0.3 is 0 Å². The number of anilines is 2. The third-order valence-electron chi connectivity index (χ3n) is 6.94. The van der Waals surface area contributed by atoms with Gasteiger partial charge in [-0.2, -0.15) is 0 Å². The standard InChI is InChI=1S/C23H29N5O4/c1-14-13-27(12-9-24-14)16-6-5-15-19(20(16)26-10-3-2-4-11-26)23(32)28(22(15)31)17-7-8-18(29)25-21(17)30/h5-6,14,17,24H,2-4,7-13H2,1H3,(H,25,29,30). The summed E-state index contributed by atoms with van der Waals surface area (Å²) in [5.41, 5.74) is 2.56. The van der Waals surface area contributed by atoms with Crippen molar-refractivity contribution in [2.45, 2.75) is 51.1 Å². The molecule has 1 aromatic carbocycles. The molecule has 4 amide bonds. The van der Waals surface area contributed by atoms with E-state index in [1.165, 1.54) is 0 Å². The summed E-state index contributed by atoms with van der Waals surface area (Å²) in [6.45, 7) is 6.31. The van der Waals surface area contributed by atoms with Crippen molar-refractivity contribution in [3.63, 3.8) is 0 Å². The van der Waals surface area contributed by atoms with E-state index in [-0.39, 0.29) is 18.7 Å². The molecule has 9 nitrogen and oxygen atoms in total. The fraction of sp³-hybridized carbons (Fsp3) is 0.565. The molecule has 3 saturated heterocycles. The van der Waals surface area contributed by atoms with E-state index in [4.69, 9.17) is 0 Å². The fourth-order valence-electron chi connectivity index (χ4n) is 5.37. The summed E-state index contributed by atoms with van der Waals surface area (Å²) in [5.74, 6) is -1.82. The molecule has 3 fully saturated rings. The van der Waals surface area contributed by atoms with Crippen LogP contribution in [0.4, 0.5) is 11.4 Å². The van der Waals surface area contributed by atoms with Crippen molar-refractivity contribution in [3.8, 4) is 0 Å². The van der Waals surface area contributed by atoms with Gasteiger partial charge in [0.15, 0.2) is 0 Å². The molecule has 4 aliphatic heterocycles. The van der Waals surface area contributed by atoms with E-state index >= 15 is 0 Å². The number of nitrogens with one attached hydrogen (secondary N) is 2. The quantitative estimate of drug-likeness (QED) is 0.674. The summed E-state index contributed by atoms with van der Waals surface area (Å²) in [4.78, 5) is 56.6. The maximum Gasteiger partial charge on any atom is 0.264 e. The van der Waals surface area contributed by atoms with Crippen LogP contribution >= 0.6 is 0 Å². The highest BCUT2D eigenvalue weighted by atomic mass is 16.2. The van der Waals surface area contributed by atoms with Crippen molar-refractivity contribution in [3.05, 3.63) is 23.3 Å². The van der Waals surface area contributed by atoms with Crippen molar-refractivity contribution in [2.75, 3.05) is 42.5 Å². The zero-order valence-electron chi connectivity index (χ0n) is 18.4. The SMILES string of the molecule is CC1CN(c2ccc3c(c2N2CCCCC2)C(=O)N(C2CCC(=O)NC2=O)C3=O)CCN1. The minimum atomic E-state index is -0.947. The lowest BCUT2D eigenvalue weighted by atomic mass is 10.0. The average Bonchev–Trinajstić information content (AvgIpc) is 3.04. The molecular weight excluding hydrogens is 410 g/mol. The molecule has 32 heavy (non-hydrogen) atoms. The van der Waals surface area contributed by atoms with Crippen LogP contribution in [0.15, 0.2) is 12.1 Å². The Kier molecular flexibility index (Phi) is 5.36. The molecule has 0 bridgehead atoms. The van der Waals surface area contributed by atoms with Crippen LogP contribution in [0.3, 0.4) is 0 Å². The van der Waals surface area contributed by atoms with Gasteiger partial charge < -0.3 is 15.1 Å². The van der Waals surface area contributed by atoms with Crippen LogP contribution in [-0.2, 0) is 9.59 Å². The molecule has 2 N–H and O–H groups in total. The first-order valence-corrected chi connectivity index (χ1v) is 11.6. The highest BCUT2D eigenvalue weighted by Gasteiger charge is 2.47. The summed E-state index contributed by atoms with van der Waals surface area (Å²) in [5, 5.41) is 5.72. The second kappa shape index (κ2) is 8.20. The summed E-state index contributed by atoms with van der Waals surface area (Å²) >= 11 is 0. The smallest absolute Gasteiger partial charge is 0.264 e. The summed E-state index contributed by atoms with van der Waals surface area (Å²) < 4.78 is 0. The van der Waals surface area contributed by atoms with Crippen LogP contribution in [0, 0.1) is 0 Å². The fourth-order valence-corrected chi connectivity index (χ4v) is 5.37. The molecule has 2 atom stereocenters. The van der Waals surface area contributed by atoms with Crippen LogP contribution in [0.25, 0.3) is 0 Å². The molecule has 0 spiro atoms. The van der Waals surface area contributed by atoms with E-state index in [1.54, 1.807) is 6.07 Å². The Morgan fingerprint density at radius 3 is 2.44 bits per heavy atom. The number of amides is 4. The van der Waals surface area contributed by atoms with Gasteiger partial charge in [0.25, 0.3) is 11.8 Å². The zero-order chi connectivity index (χ0) is 22.4. The number of benzene rings is 1. The summed E-state index contributed by atoms with van der Waals surface area (Å²) in [6, 6.07) is 3.07. The Balaban J connectivity index is 1.58. The first kappa shape index (κ1) is 20.9. The van der Waals surface area contributed by atoms with E-state index in [9.17, 15) is 19.2 Å². The second-order valence-corrected chi connectivity index (χ2v) is 9.15. The van der Waals surface area contributed by atoms with E-state index < -0.39 is 23.8 Å². The molecule has 0 radical (unpaired) electrons. The topological polar surface area (TPSA) is 102 Å². The Bertz CT molecular complexity index is 987. The first-order valence-electron chi connectivity index (χ1n) is 11.6. The molecule has 2 unspecified atom stereocenters. The van der Waals surface area contributed by atoms with E-state index in [1.807, 2.05) is 6.07 Å². The molecule has 4 heterocycles. The number of hydrogen-bond acceptors (Lipinski definition) is 7. The number of carbonyl (C=O) groups excluding carboxylic acids is 4. The van der Waals surface area contributed by atoms with Crippen molar-refractivity contribution in [1.82, 2.24) is 15.5 Å². The minimum absolute atomic E-state index is 0.118. The Labute approximate surface area is 187 Å². The van der Waals surface area contributed by atoms with Gasteiger partial charge in [0.05, 0.1) is 22.5 Å². The van der Waals surface area contributed by atoms with Gasteiger partial charge in [0, 0.05) is 45.2 Å². The number of piperidine rings is 2. The molecule has 5 rings (SSSR count). The van der Waals surface area contributed by atoms with Crippen LogP contribution < -0.4 is 20.4 Å². The van der Waals surface area contributed by atoms with E-state index in [0.717, 1.165) is 68.3 Å². The average molecular weight is 440 g/mol. The predicted molar refractivity (Wildman–Crippen MR) is 119 cm³/mol. The highest BCUT2D eigenvalue weighted by molar-refractivity contribution is 6.26. The third kappa shape index (κ3) is 3.44. The number of imide groups is 2. The lowest BCUT2D eigenvalue weighted by molar-refractivity contribution is -0.136. The van der Waals surface area contributed by atoms with Crippen molar-refractivity contribution in [2.24, 2.45) is 0 Å².